The summed E-state index contributed by atoms with van der Waals surface area (Å²) >= 11 is 0. The van der Waals surface area contributed by atoms with E-state index in [1.54, 1.807) is 0 Å². The first-order valence-corrected chi connectivity index (χ1v) is 7.73. The highest BCUT2D eigenvalue weighted by Gasteiger charge is 2.22. The number of benzene rings is 1. The molecule has 0 bridgehead atoms. The highest BCUT2D eigenvalue weighted by Crippen LogP contribution is 2.22. The van der Waals surface area contributed by atoms with Gasteiger partial charge in [0.1, 0.15) is 0 Å². The fourth-order valence-corrected chi connectivity index (χ4v) is 2.80. The molecule has 114 valence electrons. The third-order valence-corrected chi connectivity index (χ3v) is 4.07. The normalized spacial score (nSPS) is 14.8. The van der Waals surface area contributed by atoms with Gasteiger partial charge < -0.3 is 10.6 Å². The second-order valence-electron chi connectivity index (χ2n) is 5.79. The molecule has 1 rings (SSSR count). The van der Waals surface area contributed by atoms with Crippen LogP contribution < -0.4 is 5.73 Å². The summed E-state index contributed by atoms with van der Waals surface area (Å²) in [5.41, 5.74) is 7.45. The molecule has 0 spiro atoms. The Kier molecular flexibility index (Phi) is 7.82. The molecular weight excluding hydrogens is 246 g/mol. The first-order chi connectivity index (χ1) is 9.60. The first kappa shape index (κ1) is 17.2. The molecule has 2 unspecified atom stereocenters. The van der Waals surface area contributed by atoms with Crippen LogP contribution in [0.25, 0.3) is 0 Å². The van der Waals surface area contributed by atoms with Crippen molar-refractivity contribution in [3.05, 3.63) is 35.9 Å². The third-order valence-electron chi connectivity index (χ3n) is 4.07. The monoisotopic (exact) mass is 277 g/mol. The quantitative estimate of drug-likeness (QED) is 0.752. The van der Waals surface area contributed by atoms with Crippen LogP contribution in [0.3, 0.4) is 0 Å². The van der Waals surface area contributed by atoms with Crippen LogP contribution in [0.5, 0.6) is 0 Å². The number of nitrogens with zero attached hydrogens (tertiary/aromatic N) is 2. The standard InChI is InChI=1S/C17H31N3/c1-5-20(13-9-12-19(3)4)17(14-18)15(2)16-10-7-6-8-11-16/h6-8,10-11,15,17H,5,9,12-14,18H2,1-4H3. The zero-order valence-electron chi connectivity index (χ0n) is 13.5. The molecule has 0 heterocycles. The van der Waals surface area contributed by atoms with E-state index >= 15 is 0 Å². The third kappa shape index (κ3) is 5.23. The van der Waals surface area contributed by atoms with Crippen LogP contribution in [-0.2, 0) is 0 Å². The number of hydrogen-bond donors (Lipinski definition) is 1. The molecule has 1 aromatic carbocycles. The van der Waals surface area contributed by atoms with E-state index in [-0.39, 0.29) is 0 Å². The van der Waals surface area contributed by atoms with Gasteiger partial charge in [0.2, 0.25) is 0 Å². The van der Waals surface area contributed by atoms with Gasteiger partial charge in [0.05, 0.1) is 0 Å². The van der Waals surface area contributed by atoms with Gasteiger partial charge in [-0.15, -0.1) is 0 Å². The molecule has 2 N–H and O–H groups in total. The van der Waals surface area contributed by atoms with Crippen LogP contribution in [0.2, 0.25) is 0 Å². The van der Waals surface area contributed by atoms with Crippen LogP contribution in [0.4, 0.5) is 0 Å². The predicted octanol–water partition coefficient (Wildman–Crippen LogP) is 2.39. The molecule has 0 aliphatic carbocycles. The van der Waals surface area contributed by atoms with Crippen molar-refractivity contribution < 1.29 is 0 Å². The minimum absolute atomic E-state index is 0.421. The topological polar surface area (TPSA) is 32.5 Å². The minimum Gasteiger partial charge on any atom is -0.329 e. The summed E-state index contributed by atoms with van der Waals surface area (Å²) in [6.45, 7) is 8.55. The molecule has 0 saturated heterocycles. The van der Waals surface area contributed by atoms with Gasteiger partial charge in [-0.1, -0.05) is 44.2 Å². The zero-order valence-corrected chi connectivity index (χ0v) is 13.5. The summed E-state index contributed by atoms with van der Waals surface area (Å²) in [5, 5.41) is 0. The molecule has 0 aliphatic rings. The number of nitrogens with two attached hydrogens (primary N) is 1. The molecule has 0 fully saturated rings. The molecule has 1 aromatic rings. The van der Waals surface area contributed by atoms with Crippen LogP contribution in [0.1, 0.15) is 31.7 Å². The summed E-state index contributed by atoms with van der Waals surface area (Å²) in [4.78, 5) is 4.77. The Labute approximate surface area is 124 Å². The lowest BCUT2D eigenvalue weighted by Gasteiger charge is -2.34. The first-order valence-electron chi connectivity index (χ1n) is 7.73. The maximum atomic E-state index is 6.07. The smallest absolute Gasteiger partial charge is 0.0284 e. The molecular formula is C17H31N3. The van der Waals surface area contributed by atoms with Crippen LogP contribution in [0, 0.1) is 0 Å². The second kappa shape index (κ2) is 9.11. The zero-order chi connectivity index (χ0) is 15.0. The summed E-state index contributed by atoms with van der Waals surface area (Å²) in [6, 6.07) is 11.1. The van der Waals surface area contributed by atoms with Gasteiger partial charge in [-0.25, -0.2) is 0 Å². The van der Waals surface area contributed by atoms with Crippen LogP contribution in [-0.4, -0.2) is 56.1 Å². The Balaban J connectivity index is 2.66. The molecule has 0 amide bonds. The molecule has 20 heavy (non-hydrogen) atoms. The van der Waals surface area contributed by atoms with Crippen molar-refractivity contribution in [2.45, 2.75) is 32.2 Å². The lowest BCUT2D eigenvalue weighted by atomic mass is 9.92. The van der Waals surface area contributed by atoms with E-state index in [0.717, 1.165) is 19.6 Å². The Morgan fingerprint density at radius 3 is 2.25 bits per heavy atom. The van der Waals surface area contributed by atoms with E-state index in [2.05, 4.69) is 68.1 Å². The largest absolute Gasteiger partial charge is 0.329 e. The number of rotatable bonds is 9. The van der Waals surface area contributed by atoms with E-state index in [4.69, 9.17) is 5.73 Å². The van der Waals surface area contributed by atoms with Crippen molar-refractivity contribution >= 4 is 0 Å². The van der Waals surface area contributed by atoms with Gasteiger partial charge in [-0.05, 0) is 51.6 Å². The lowest BCUT2D eigenvalue weighted by molar-refractivity contribution is 0.179. The molecule has 2 atom stereocenters. The van der Waals surface area contributed by atoms with Crippen molar-refractivity contribution in [3.63, 3.8) is 0 Å². The maximum Gasteiger partial charge on any atom is 0.0284 e. The van der Waals surface area contributed by atoms with Crippen molar-refractivity contribution in [3.8, 4) is 0 Å². The van der Waals surface area contributed by atoms with Crippen LogP contribution in [0.15, 0.2) is 30.3 Å². The van der Waals surface area contributed by atoms with Gasteiger partial charge in [-0.3, -0.25) is 4.90 Å². The Morgan fingerprint density at radius 2 is 1.75 bits per heavy atom. The minimum atomic E-state index is 0.421. The summed E-state index contributed by atoms with van der Waals surface area (Å²) in [5.74, 6) is 0.473. The average Bonchev–Trinajstić information content (AvgIpc) is 2.46. The fraction of sp³-hybridized carbons (Fsp3) is 0.647. The summed E-state index contributed by atoms with van der Waals surface area (Å²) in [6.07, 6.45) is 1.19. The van der Waals surface area contributed by atoms with Crippen molar-refractivity contribution in [1.29, 1.82) is 0 Å². The molecule has 0 saturated carbocycles. The van der Waals surface area contributed by atoms with E-state index in [9.17, 15) is 0 Å². The summed E-state index contributed by atoms with van der Waals surface area (Å²) in [7, 11) is 4.26. The lowest BCUT2D eigenvalue weighted by Crippen LogP contribution is -2.44. The molecule has 0 aliphatic heterocycles. The van der Waals surface area contributed by atoms with Crippen molar-refractivity contribution in [1.82, 2.24) is 9.80 Å². The van der Waals surface area contributed by atoms with Gasteiger partial charge in [-0.2, -0.15) is 0 Å². The Morgan fingerprint density at radius 1 is 1.10 bits per heavy atom. The molecule has 0 aromatic heterocycles. The second-order valence-corrected chi connectivity index (χ2v) is 5.79. The van der Waals surface area contributed by atoms with Crippen molar-refractivity contribution in [2.75, 3.05) is 40.3 Å². The predicted molar refractivity (Wildman–Crippen MR) is 88.1 cm³/mol. The molecule has 3 heteroatoms. The fourth-order valence-electron chi connectivity index (χ4n) is 2.80. The average molecular weight is 277 g/mol. The van der Waals surface area contributed by atoms with Gasteiger partial charge >= 0.3 is 0 Å². The number of likely N-dealkylation sites (N-methyl/N-ethyl adjacent to an activating group) is 1. The van der Waals surface area contributed by atoms with E-state index < -0.39 is 0 Å². The van der Waals surface area contributed by atoms with E-state index in [1.807, 2.05) is 0 Å². The number of hydrogen-bond acceptors (Lipinski definition) is 3. The maximum absolute atomic E-state index is 6.07. The highest BCUT2D eigenvalue weighted by atomic mass is 15.2. The van der Waals surface area contributed by atoms with Crippen LogP contribution >= 0.6 is 0 Å². The van der Waals surface area contributed by atoms with E-state index in [1.165, 1.54) is 12.0 Å². The van der Waals surface area contributed by atoms with Gasteiger partial charge in [0.15, 0.2) is 0 Å². The van der Waals surface area contributed by atoms with Crippen molar-refractivity contribution in [2.24, 2.45) is 5.73 Å². The van der Waals surface area contributed by atoms with E-state index in [0.29, 0.717) is 18.5 Å². The highest BCUT2D eigenvalue weighted by molar-refractivity contribution is 5.20. The molecule has 3 nitrogen and oxygen atoms in total. The Hall–Kier alpha value is -0.900. The SMILES string of the molecule is CCN(CCCN(C)C)C(CN)C(C)c1ccccc1. The molecule has 0 radical (unpaired) electrons. The van der Waals surface area contributed by atoms with Gasteiger partial charge in [0.25, 0.3) is 0 Å². The Bertz CT molecular complexity index is 351. The summed E-state index contributed by atoms with van der Waals surface area (Å²) < 4.78 is 0. The van der Waals surface area contributed by atoms with Gasteiger partial charge in [0, 0.05) is 12.6 Å².